The number of rotatable bonds is 5. The molecule has 12 heavy (non-hydrogen) atoms. The lowest BCUT2D eigenvalue weighted by molar-refractivity contribution is 0.341. The minimum absolute atomic E-state index is 0.453. The summed E-state index contributed by atoms with van der Waals surface area (Å²) in [7, 11) is 0. The Morgan fingerprint density at radius 1 is 1.67 bits per heavy atom. The topological polar surface area (TPSA) is 12.0 Å². The van der Waals surface area contributed by atoms with E-state index >= 15 is 0 Å². The molecule has 1 N–H and O–H groups in total. The van der Waals surface area contributed by atoms with Gasteiger partial charge in [-0.25, -0.2) is 0 Å². The van der Waals surface area contributed by atoms with Crippen LogP contribution < -0.4 is 5.32 Å². The molecule has 0 bridgehead atoms. The Morgan fingerprint density at radius 2 is 2.33 bits per heavy atom. The van der Waals surface area contributed by atoms with Crippen molar-refractivity contribution in [3.05, 3.63) is 12.7 Å². The quantitative estimate of drug-likeness (QED) is 0.660. The van der Waals surface area contributed by atoms with Gasteiger partial charge in [0.05, 0.1) is 0 Å². The van der Waals surface area contributed by atoms with Gasteiger partial charge in [0, 0.05) is 17.3 Å². The maximum absolute atomic E-state index is 3.76. The van der Waals surface area contributed by atoms with E-state index < -0.39 is 0 Å². The Labute approximate surface area is 80.0 Å². The fraction of sp³-hybridized carbons (Fsp3) is 0.800. The molecule has 1 atom stereocenters. The van der Waals surface area contributed by atoms with Crippen LogP contribution in [0.15, 0.2) is 12.7 Å². The van der Waals surface area contributed by atoms with Crippen LogP contribution in [0, 0.1) is 0 Å². The Hall–Kier alpha value is 0.0500. The largest absolute Gasteiger partial charge is 0.309 e. The standard InChI is InChI=1S/C10H19NS/c1-4-9(2)11-8-10(12-3)6-5-7-10/h4,9,11H,1,5-8H2,2-3H3. The molecular formula is C10H19NS. The molecule has 0 aliphatic heterocycles. The Morgan fingerprint density at radius 3 is 2.67 bits per heavy atom. The summed E-state index contributed by atoms with van der Waals surface area (Å²) in [6.07, 6.45) is 8.35. The summed E-state index contributed by atoms with van der Waals surface area (Å²) in [6.45, 7) is 7.05. The first-order valence-corrected chi connectivity index (χ1v) is 5.86. The van der Waals surface area contributed by atoms with Crippen molar-refractivity contribution in [2.24, 2.45) is 0 Å². The summed E-state index contributed by atoms with van der Waals surface area (Å²) in [5.74, 6) is 0. The number of thioether (sulfide) groups is 1. The molecule has 0 aromatic heterocycles. The molecule has 0 radical (unpaired) electrons. The highest BCUT2D eigenvalue weighted by atomic mass is 32.2. The third-order valence-electron chi connectivity index (χ3n) is 2.80. The van der Waals surface area contributed by atoms with Crippen LogP contribution in [-0.4, -0.2) is 23.6 Å². The number of nitrogens with one attached hydrogen (secondary N) is 1. The van der Waals surface area contributed by atoms with Crippen molar-refractivity contribution in [1.29, 1.82) is 0 Å². The van der Waals surface area contributed by atoms with E-state index in [-0.39, 0.29) is 0 Å². The summed E-state index contributed by atoms with van der Waals surface area (Å²) >= 11 is 2.01. The van der Waals surface area contributed by atoms with E-state index in [0.29, 0.717) is 10.8 Å². The normalized spacial score (nSPS) is 22.8. The van der Waals surface area contributed by atoms with Crippen LogP contribution >= 0.6 is 11.8 Å². The van der Waals surface area contributed by atoms with Crippen LogP contribution in [0.25, 0.3) is 0 Å². The highest BCUT2D eigenvalue weighted by molar-refractivity contribution is 8.00. The lowest BCUT2D eigenvalue weighted by Crippen LogP contribution is -2.45. The summed E-state index contributed by atoms with van der Waals surface area (Å²) in [5, 5.41) is 3.49. The molecule has 2 heteroatoms. The van der Waals surface area contributed by atoms with E-state index in [4.69, 9.17) is 0 Å². The lowest BCUT2D eigenvalue weighted by Gasteiger charge is -2.41. The van der Waals surface area contributed by atoms with Crippen molar-refractivity contribution in [1.82, 2.24) is 5.32 Å². The molecule has 1 saturated carbocycles. The Balaban J connectivity index is 2.24. The molecule has 0 aromatic rings. The zero-order chi connectivity index (χ0) is 9.03. The summed E-state index contributed by atoms with van der Waals surface area (Å²) < 4.78 is 0.553. The van der Waals surface area contributed by atoms with Crippen LogP contribution in [-0.2, 0) is 0 Å². The minimum Gasteiger partial charge on any atom is -0.309 e. The van der Waals surface area contributed by atoms with Crippen LogP contribution in [0.1, 0.15) is 26.2 Å². The molecular weight excluding hydrogens is 166 g/mol. The molecule has 0 aromatic carbocycles. The van der Waals surface area contributed by atoms with Crippen LogP contribution in [0.3, 0.4) is 0 Å². The van der Waals surface area contributed by atoms with Gasteiger partial charge in [-0.2, -0.15) is 11.8 Å². The molecule has 0 spiro atoms. The molecule has 1 nitrogen and oxygen atoms in total. The van der Waals surface area contributed by atoms with Crippen molar-refractivity contribution >= 4 is 11.8 Å². The van der Waals surface area contributed by atoms with Gasteiger partial charge in [0.25, 0.3) is 0 Å². The second kappa shape index (κ2) is 4.33. The molecule has 1 aliphatic carbocycles. The van der Waals surface area contributed by atoms with Gasteiger partial charge in [-0.1, -0.05) is 12.5 Å². The third kappa shape index (κ3) is 2.27. The van der Waals surface area contributed by atoms with Gasteiger partial charge in [-0.15, -0.1) is 6.58 Å². The predicted molar refractivity (Wildman–Crippen MR) is 57.8 cm³/mol. The maximum atomic E-state index is 3.76. The van der Waals surface area contributed by atoms with Gasteiger partial charge >= 0.3 is 0 Å². The van der Waals surface area contributed by atoms with Crippen LogP contribution in [0.4, 0.5) is 0 Å². The molecule has 1 aliphatic rings. The Bertz CT molecular complexity index is 146. The zero-order valence-electron chi connectivity index (χ0n) is 8.10. The Kier molecular flexibility index (Phi) is 3.66. The van der Waals surface area contributed by atoms with Crippen molar-refractivity contribution in [3.63, 3.8) is 0 Å². The van der Waals surface area contributed by atoms with Crippen molar-refractivity contribution in [2.45, 2.75) is 37.0 Å². The summed E-state index contributed by atoms with van der Waals surface area (Å²) in [5.41, 5.74) is 0. The smallest absolute Gasteiger partial charge is 0.0281 e. The van der Waals surface area contributed by atoms with E-state index in [1.165, 1.54) is 19.3 Å². The molecule has 1 rings (SSSR count). The SMILES string of the molecule is C=CC(C)NCC1(SC)CCC1. The van der Waals surface area contributed by atoms with Gasteiger partial charge in [0.2, 0.25) is 0 Å². The van der Waals surface area contributed by atoms with Crippen LogP contribution in [0.5, 0.6) is 0 Å². The molecule has 70 valence electrons. The molecule has 0 amide bonds. The van der Waals surface area contributed by atoms with Gasteiger partial charge in [0.15, 0.2) is 0 Å². The van der Waals surface area contributed by atoms with Gasteiger partial charge in [-0.05, 0) is 26.0 Å². The first-order valence-electron chi connectivity index (χ1n) is 4.63. The number of hydrogen-bond donors (Lipinski definition) is 1. The third-order valence-corrected chi connectivity index (χ3v) is 4.22. The predicted octanol–water partition coefficient (Wildman–Crippen LogP) is 2.44. The van der Waals surface area contributed by atoms with E-state index in [0.717, 1.165) is 6.54 Å². The van der Waals surface area contributed by atoms with Gasteiger partial charge in [0.1, 0.15) is 0 Å². The highest BCUT2D eigenvalue weighted by Gasteiger charge is 2.35. The zero-order valence-corrected chi connectivity index (χ0v) is 8.91. The molecule has 0 saturated heterocycles. The van der Waals surface area contributed by atoms with E-state index in [1.807, 2.05) is 17.8 Å². The van der Waals surface area contributed by atoms with E-state index in [1.54, 1.807) is 0 Å². The van der Waals surface area contributed by atoms with Crippen molar-refractivity contribution in [3.8, 4) is 0 Å². The van der Waals surface area contributed by atoms with Crippen LogP contribution in [0.2, 0.25) is 0 Å². The second-order valence-electron chi connectivity index (χ2n) is 3.65. The molecule has 1 unspecified atom stereocenters. The molecule has 0 heterocycles. The van der Waals surface area contributed by atoms with Gasteiger partial charge in [-0.3, -0.25) is 0 Å². The average molecular weight is 185 g/mol. The fourth-order valence-electron chi connectivity index (χ4n) is 1.45. The first-order chi connectivity index (χ1) is 5.72. The number of hydrogen-bond acceptors (Lipinski definition) is 2. The highest BCUT2D eigenvalue weighted by Crippen LogP contribution is 2.42. The minimum atomic E-state index is 0.453. The molecule has 1 fully saturated rings. The van der Waals surface area contributed by atoms with Gasteiger partial charge < -0.3 is 5.32 Å². The first kappa shape index (κ1) is 10.1. The summed E-state index contributed by atoms with van der Waals surface area (Å²) in [6, 6.07) is 0.453. The monoisotopic (exact) mass is 185 g/mol. The van der Waals surface area contributed by atoms with Crippen molar-refractivity contribution in [2.75, 3.05) is 12.8 Å². The second-order valence-corrected chi connectivity index (χ2v) is 4.92. The van der Waals surface area contributed by atoms with E-state index in [2.05, 4.69) is 25.1 Å². The summed E-state index contributed by atoms with van der Waals surface area (Å²) in [4.78, 5) is 0. The lowest BCUT2D eigenvalue weighted by atomic mass is 9.84. The fourth-order valence-corrected chi connectivity index (χ4v) is 2.38. The average Bonchev–Trinajstić information content (AvgIpc) is 2.03. The maximum Gasteiger partial charge on any atom is 0.0281 e. The van der Waals surface area contributed by atoms with Crippen molar-refractivity contribution < 1.29 is 0 Å². The van der Waals surface area contributed by atoms with E-state index in [9.17, 15) is 0 Å².